The molecule has 8 heteroatoms. The molecule has 0 unspecified atom stereocenters. The molecule has 0 saturated heterocycles. The van der Waals surface area contributed by atoms with Crippen molar-refractivity contribution in [3.05, 3.63) is 95.0 Å². The maximum absolute atomic E-state index is 15.6. The fourth-order valence-electron chi connectivity index (χ4n) is 4.69. The van der Waals surface area contributed by atoms with E-state index >= 15 is 8.63 Å². The van der Waals surface area contributed by atoms with Crippen LogP contribution in [0.3, 0.4) is 0 Å². The number of nitrogens with zero attached hydrogens (tertiary/aromatic N) is 2. The molecular weight excluding hydrogens is 447 g/mol. The van der Waals surface area contributed by atoms with E-state index in [2.05, 4.69) is 0 Å². The lowest BCUT2D eigenvalue weighted by atomic mass is 9.86. The van der Waals surface area contributed by atoms with E-state index in [4.69, 9.17) is 15.2 Å². The predicted molar refractivity (Wildman–Crippen MR) is 137 cm³/mol. The molecule has 0 aliphatic carbocycles. The Morgan fingerprint density at radius 3 is 2.31 bits per heavy atom. The summed E-state index contributed by atoms with van der Waals surface area (Å²) in [5.41, 5.74) is 9.92. The van der Waals surface area contributed by atoms with Crippen LogP contribution in [0.5, 0.6) is 17.2 Å². The number of halogens is 2. The topological polar surface area (TPSA) is 52.4 Å². The smallest absolute Gasteiger partial charge is 0.497 e. The molecule has 0 spiro atoms. The van der Waals surface area contributed by atoms with Gasteiger partial charge in [0.15, 0.2) is 5.70 Å². The lowest BCUT2D eigenvalue weighted by molar-refractivity contribution is -0.356. The Balaban J connectivity index is 1.42. The number of methoxy groups -OCH3 is 1. The van der Waals surface area contributed by atoms with Crippen molar-refractivity contribution in [3.63, 3.8) is 0 Å². The molecule has 35 heavy (non-hydrogen) atoms. The van der Waals surface area contributed by atoms with Crippen LogP contribution >= 0.6 is 0 Å². The first-order valence-electron chi connectivity index (χ1n) is 11.5. The molecule has 3 aromatic rings. The molecule has 3 heterocycles. The second-order valence-corrected chi connectivity index (χ2v) is 8.56. The zero-order valence-corrected chi connectivity index (χ0v) is 19.6. The molecule has 0 fully saturated rings. The number of ether oxygens (including phenoxy) is 2. The third-order valence-corrected chi connectivity index (χ3v) is 6.29. The van der Waals surface area contributed by atoms with Gasteiger partial charge in [0.2, 0.25) is 0 Å². The highest BCUT2D eigenvalue weighted by Gasteiger charge is 2.52. The molecule has 2 N–H and O–H groups in total. The first-order valence-corrected chi connectivity index (χ1v) is 11.5. The average Bonchev–Trinajstić information content (AvgIpc) is 3.48. The van der Waals surface area contributed by atoms with E-state index in [9.17, 15) is 0 Å². The maximum Gasteiger partial charge on any atom is 0.737 e. The van der Waals surface area contributed by atoms with Gasteiger partial charge in [-0.15, -0.1) is 0 Å². The number of hydrogen-bond donors (Lipinski definition) is 1. The fraction of sp³-hybridized carbons (Fsp3) is 0.148. The molecule has 0 amide bonds. The Morgan fingerprint density at radius 2 is 1.66 bits per heavy atom. The second kappa shape index (κ2) is 9.04. The van der Waals surface area contributed by atoms with E-state index in [-0.39, 0.29) is 0 Å². The third kappa shape index (κ3) is 4.10. The Bertz CT molecular complexity index is 1390. The number of aryl methyl sites for hydroxylation is 1. The Labute approximate surface area is 203 Å². The minimum Gasteiger partial charge on any atom is -0.497 e. The molecule has 178 valence electrons. The first kappa shape index (κ1) is 22.9. The summed E-state index contributed by atoms with van der Waals surface area (Å²) in [6.45, 7) is -1.76. The molecule has 2 aliphatic rings. The zero-order valence-electron chi connectivity index (χ0n) is 19.6. The molecule has 5 rings (SSSR count). The number of aromatic nitrogens is 1. The average molecular weight is 473 g/mol. The highest BCUT2D eigenvalue weighted by atomic mass is 19.2. The van der Waals surface area contributed by atoms with E-state index in [0.29, 0.717) is 41.5 Å². The number of benzene rings is 2. The van der Waals surface area contributed by atoms with Crippen LogP contribution in [0.4, 0.5) is 8.63 Å². The van der Waals surface area contributed by atoms with E-state index in [1.54, 1.807) is 25.3 Å². The molecule has 2 aliphatic heterocycles. The van der Waals surface area contributed by atoms with Gasteiger partial charge in [-0.05, 0) is 79.6 Å². The van der Waals surface area contributed by atoms with Crippen molar-refractivity contribution >= 4 is 30.9 Å². The van der Waals surface area contributed by atoms with Gasteiger partial charge in [0, 0.05) is 29.1 Å². The summed E-state index contributed by atoms with van der Waals surface area (Å²) in [5, 5.41) is 0. The molecule has 2 aromatic carbocycles. The maximum atomic E-state index is 15.6. The van der Waals surface area contributed by atoms with Gasteiger partial charge in [0.05, 0.1) is 7.11 Å². The summed E-state index contributed by atoms with van der Waals surface area (Å²) >= 11 is 0. The third-order valence-electron chi connectivity index (χ3n) is 6.29. The molecule has 5 nitrogen and oxygen atoms in total. The summed E-state index contributed by atoms with van der Waals surface area (Å²) < 4.78 is 44.5. The van der Waals surface area contributed by atoms with Gasteiger partial charge in [0.25, 0.3) is 0 Å². The van der Waals surface area contributed by atoms with Crippen LogP contribution in [0.15, 0.2) is 72.4 Å². The molecule has 0 atom stereocenters. The molecular formula is C27H26BF2N3O2. The van der Waals surface area contributed by atoms with Crippen LogP contribution in [0, 0.1) is 6.92 Å². The zero-order chi connectivity index (χ0) is 24.6. The highest BCUT2D eigenvalue weighted by molar-refractivity contribution is 6.58. The second-order valence-electron chi connectivity index (χ2n) is 8.56. The summed E-state index contributed by atoms with van der Waals surface area (Å²) in [5.74, 6) is 2.13. The first-order chi connectivity index (χ1) is 16.9. The largest absolute Gasteiger partial charge is 0.737 e. The van der Waals surface area contributed by atoms with Crippen LogP contribution in [0.25, 0.3) is 17.7 Å². The van der Waals surface area contributed by atoms with Crippen molar-refractivity contribution in [2.24, 2.45) is 5.73 Å². The lowest BCUT2D eigenvalue weighted by Crippen LogP contribution is -2.50. The number of hydrogen-bond acceptors (Lipinski definition) is 3. The molecule has 0 bridgehead atoms. The van der Waals surface area contributed by atoms with E-state index in [1.807, 2.05) is 67.6 Å². The van der Waals surface area contributed by atoms with Crippen LogP contribution in [0.2, 0.25) is 0 Å². The van der Waals surface area contributed by atoms with Gasteiger partial charge in [-0.1, -0.05) is 18.2 Å². The normalized spacial score (nSPS) is 15.9. The van der Waals surface area contributed by atoms with Gasteiger partial charge in [-0.25, -0.2) is 0 Å². The summed E-state index contributed by atoms with van der Waals surface area (Å²) in [7, 11) is 1.62. The Morgan fingerprint density at radius 1 is 1.00 bits per heavy atom. The lowest BCUT2D eigenvalue weighted by Gasteiger charge is -2.32. The van der Waals surface area contributed by atoms with Gasteiger partial charge in [-0.3, -0.25) is 0 Å². The standard InChI is InChI=1S/C27H26BF2N3O2/c1-19-18-21(33-27(19)25(15-16-31)26-4-3-17-32(26)28(33,29)30)8-5-20-6-9-23(10-7-20)35-24-13-11-22(34-2)12-14-24/h3-14,17-18H,15-16,31H2,1-2H3/b8-5+. The van der Waals surface area contributed by atoms with Crippen LogP contribution in [0.1, 0.15) is 28.9 Å². The van der Waals surface area contributed by atoms with Crippen molar-refractivity contribution in [1.29, 1.82) is 0 Å². The van der Waals surface area contributed by atoms with Gasteiger partial charge >= 0.3 is 6.97 Å². The predicted octanol–water partition coefficient (Wildman–Crippen LogP) is 5.72. The van der Waals surface area contributed by atoms with Crippen molar-refractivity contribution in [3.8, 4) is 17.2 Å². The van der Waals surface area contributed by atoms with Crippen LogP contribution in [-0.4, -0.2) is 35.8 Å². The number of nitrogens with two attached hydrogens (primary N) is 1. The quantitative estimate of drug-likeness (QED) is 0.447. The van der Waals surface area contributed by atoms with E-state index in [0.717, 1.165) is 26.9 Å². The van der Waals surface area contributed by atoms with Gasteiger partial charge in [0.1, 0.15) is 23.5 Å². The minimum absolute atomic E-state index is 0.389. The van der Waals surface area contributed by atoms with Crippen molar-refractivity contribution in [1.82, 2.24) is 4.48 Å². The Kier molecular flexibility index (Phi) is 5.90. The molecule has 0 radical (unpaired) electrons. The van der Waals surface area contributed by atoms with Gasteiger partial charge in [-0.2, -0.15) is 0 Å². The summed E-state index contributed by atoms with van der Waals surface area (Å²) in [6, 6.07) is 16.6. The van der Waals surface area contributed by atoms with Crippen LogP contribution in [-0.2, 0) is 0 Å². The van der Waals surface area contributed by atoms with Crippen molar-refractivity contribution in [2.45, 2.75) is 13.3 Å². The highest BCUT2D eigenvalue weighted by Crippen LogP contribution is 2.40. The summed E-state index contributed by atoms with van der Waals surface area (Å²) in [6.07, 6.45) is 8.94. The molecule has 1 aromatic heterocycles. The van der Waals surface area contributed by atoms with Crippen LogP contribution < -0.4 is 15.2 Å². The Hall–Kier alpha value is -3.91. The molecule has 0 saturated carbocycles. The van der Waals surface area contributed by atoms with E-state index < -0.39 is 6.97 Å². The fourth-order valence-corrected chi connectivity index (χ4v) is 4.69. The van der Waals surface area contributed by atoms with Crippen molar-refractivity contribution in [2.75, 3.05) is 13.7 Å². The number of rotatable bonds is 7. The number of allylic oxidation sites excluding steroid dienone is 2. The van der Waals surface area contributed by atoms with Gasteiger partial charge < -0.3 is 32.8 Å². The number of fused-ring (bicyclic) bond motifs is 2. The van der Waals surface area contributed by atoms with Crippen molar-refractivity contribution < 1.29 is 22.6 Å². The monoisotopic (exact) mass is 473 g/mol. The SMILES string of the molecule is COc1ccc(Oc2ccc(/C=C/c3cc(C)c4n3[B-](F)(F)[N+]3=CC=CC3=C4CCN)cc2)cc1. The summed E-state index contributed by atoms with van der Waals surface area (Å²) in [4.78, 5) is 0. The minimum atomic E-state index is -4.02. The van der Waals surface area contributed by atoms with E-state index in [1.165, 1.54) is 10.7 Å².